The van der Waals surface area contributed by atoms with Gasteiger partial charge >= 0.3 is 0 Å². The van der Waals surface area contributed by atoms with E-state index in [1.54, 1.807) is 36.4 Å². The Hall–Kier alpha value is -2.67. The van der Waals surface area contributed by atoms with Gasteiger partial charge < -0.3 is 9.32 Å². The second-order valence-corrected chi connectivity index (χ2v) is 9.46. The highest BCUT2D eigenvalue weighted by molar-refractivity contribution is 7.91. The third-order valence-electron chi connectivity index (χ3n) is 5.34. The summed E-state index contributed by atoms with van der Waals surface area (Å²) in [6, 6.07) is 12.7. The van der Waals surface area contributed by atoms with E-state index in [9.17, 15) is 12.8 Å². The molecule has 5 nitrogen and oxygen atoms in total. The van der Waals surface area contributed by atoms with Crippen LogP contribution < -0.4 is 4.90 Å². The van der Waals surface area contributed by atoms with Crippen molar-refractivity contribution in [1.29, 1.82) is 0 Å². The molecule has 2 heterocycles. The Morgan fingerprint density at radius 1 is 1.07 bits per heavy atom. The molecule has 0 aliphatic carbocycles. The Morgan fingerprint density at radius 2 is 1.72 bits per heavy atom. The lowest BCUT2D eigenvalue weighted by Gasteiger charge is -2.30. The van der Waals surface area contributed by atoms with Crippen LogP contribution in [0, 0.1) is 18.7 Å². The standard InChI is InChI=1S/C22H23FN2O3S/c1-15-7-9-17(10-8-15)29(26,27)21-22(25-13-11-16(2)12-14-25)28-20(24-21)18-5-3-4-6-19(18)23/h3-10,16H,11-14H2,1-2H3. The zero-order valence-electron chi connectivity index (χ0n) is 16.4. The van der Waals surface area contributed by atoms with Crippen LogP contribution in [0.4, 0.5) is 10.3 Å². The van der Waals surface area contributed by atoms with Crippen molar-refractivity contribution in [2.24, 2.45) is 5.92 Å². The van der Waals surface area contributed by atoms with Crippen LogP contribution in [0.2, 0.25) is 0 Å². The average molecular weight is 415 g/mol. The maximum atomic E-state index is 14.3. The lowest BCUT2D eigenvalue weighted by atomic mass is 9.99. The molecule has 2 aromatic carbocycles. The minimum absolute atomic E-state index is 0.0255. The molecule has 0 atom stereocenters. The number of aryl methyl sites for hydroxylation is 1. The third kappa shape index (κ3) is 3.79. The second kappa shape index (κ2) is 7.63. The number of piperidine rings is 1. The molecule has 1 saturated heterocycles. The summed E-state index contributed by atoms with van der Waals surface area (Å²) >= 11 is 0. The van der Waals surface area contributed by atoms with E-state index in [4.69, 9.17) is 4.42 Å². The SMILES string of the molecule is Cc1ccc(S(=O)(=O)c2nc(-c3ccccc3F)oc2N2CCC(C)CC2)cc1. The fourth-order valence-corrected chi connectivity index (χ4v) is 4.78. The summed E-state index contributed by atoms with van der Waals surface area (Å²) < 4.78 is 46.9. The fourth-order valence-electron chi connectivity index (χ4n) is 3.46. The first-order valence-electron chi connectivity index (χ1n) is 9.68. The number of oxazole rings is 1. The van der Waals surface area contributed by atoms with E-state index < -0.39 is 15.7 Å². The summed E-state index contributed by atoms with van der Waals surface area (Å²) in [6.07, 6.45) is 1.86. The van der Waals surface area contributed by atoms with Gasteiger partial charge in [0.2, 0.25) is 26.6 Å². The van der Waals surface area contributed by atoms with Gasteiger partial charge in [0, 0.05) is 13.1 Å². The van der Waals surface area contributed by atoms with Gasteiger partial charge in [-0.3, -0.25) is 0 Å². The Balaban J connectivity index is 1.85. The topological polar surface area (TPSA) is 63.4 Å². The first-order valence-corrected chi connectivity index (χ1v) is 11.2. The maximum absolute atomic E-state index is 14.3. The first kappa shape index (κ1) is 19.6. The largest absolute Gasteiger partial charge is 0.419 e. The van der Waals surface area contributed by atoms with Gasteiger partial charge in [0.15, 0.2) is 0 Å². The number of rotatable bonds is 4. The van der Waals surface area contributed by atoms with Crippen molar-refractivity contribution in [2.75, 3.05) is 18.0 Å². The van der Waals surface area contributed by atoms with E-state index in [2.05, 4.69) is 11.9 Å². The summed E-state index contributed by atoms with van der Waals surface area (Å²) in [5.74, 6) is 0.224. The number of hydrogen-bond acceptors (Lipinski definition) is 5. The van der Waals surface area contributed by atoms with Gasteiger partial charge in [-0.25, -0.2) is 12.8 Å². The van der Waals surface area contributed by atoms with Crippen molar-refractivity contribution in [3.63, 3.8) is 0 Å². The van der Waals surface area contributed by atoms with Gasteiger partial charge in [0.25, 0.3) is 0 Å². The molecule has 1 aliphatic heterocycles. The van der Waals surface area contributed by atoms with E-state index in [0.29, 0.717) is 19.0 Å². The predicted octanol–water partition coefficient (Wildman–Crippen LogP) is 4.86. The molecule has 0 radical (unpaired) electrons. The molecule has 3 aromatic rings. The molecule has 4 rings (SSSR count). The third-order valence-corrected chi connectivity index (χ3v) is 7.01. The Morgan fingerprint density at radius 3 is 2.38 bits per heavy atom. The number of halogens is 1. The van der Waals surface area contributed by atoms with Crippen molar-refractivity contribution < 1.29 is 17.2 Å². The average Bonchev–Trinajstić information content (AvgIpc) is 3.15. The highest BCUT2D eigenvalue weighted by Crippen LogP contribution is 2.37. The summed E-state index contributed by atoms with van der Waals surface area (Å²) in [5, 5.41) is -0.158. The lowest BCUT2D eigenvalue weighted by Crippen LogP contribution is -2.33. The van der Waals surface area contributed by atoms with E-state index in [1.165, 1.54) is 12.1 Å². The molecule has 0 saturated carbocycles. The molecule has 29 heavy (non-hydrogen) atoms. The van der Waals surface area contributed by atoms with Gasteiger partial charge in [-0.05, 0) is 49.9 Å². The van der Waals surface area contributed by atoms with E-state index in [1.807, 2.05) is 11.8 Å². The number of anilines is 1. The highest BCUT2D eigenvalue weighted by atomic mass is 32.2. The zero-order chi connectivity index (χ0) is 20.6. The summed E-state index contributed by atoms with van der Waals surface area (Å²) in [5.41, 5.74) is 1.10. The molecule has 1 aliphatic rings. The molecule has 0 bridgehead atoms. The molecule has 1 fully saturated rings. The molecule has 0 amide bonds. The molecule has 7 heteroatoms. The number of hydrogen-bond donors (Lipinski definition) is 0. The van der Waals surface area contributed by atoms with Gasteiger partial charge in [-0.15, -0.1) is 0 Å². The fraction of sp³-hybridized carbons (Fsp3) is 0.318. The second-order valence-electron chi connectivity index (χ2n) is 7.60. The van der Waals surface area contributed by atoms with E-state index >= 15 is 0 Å². The van der Waals surface area contributed by atoms with E-state index in [0.717, 1.165) is 18.4 Å². The highest BCUT2D eigenvalue weighted by Gasteiger charge is 2.33. The summed E-state index contributed by atoms with van der Waals surface area (Å²) in [4.78, 5) is 6.31. The Labute approximate surface area is 170 Å². The number of aromatic nitrogens is 1. The van der Waals surface area contributed by atoms with Gasteiger partial charge in [0.05, 0.1) is 10.5 Å². The van der Waals surface area contributed by atoms with Crippen LogP contribution in [0.5, 0.6) is 0 Å². The van der Waals surface area contributed by atoms with Crippen molar-refractivity contribution >= 4 is 15.7 Å². The minimum Gasteiger partial charge on any atom is -0.419 e. The molecule has 0 N–H and O–H groups in total. The summed E-state index contributed by atoms with van der Waals surface area (Å²) in [7, 11) is -3.92. The van der Waals surface area contributed by atoms with Crippen LogP contribution in [0.15, 0.2) is 62.9 Å². The van der Waals surface area contributed by atoms with Crippen LogP contribution in [-0.4, -0.2) is 26.5 Å². The van der Waals surface area contributed by atoms with Crippen molar-refractivity contribution in [3.8, 4) is 11.5 Å². The van der Waals surface area contributed by atoms with Crippen LogP contribution in [-0.2, 0) is 9.84 Å². The molecule has 1 aromatic heterocycles. The number of nitrogens with zero attached hydrogens (tertiary/aromatic N) is 2. The van der Waals surface area contributed by atoms with Crippen LogP contribution in [0.25, 0.3) is 11.5 Å². The van der Waals surface area contributed by atoms with Crippen molar-refractivity contribution in [2.45, 2.75) is 36.6 Å². The smallest absolute Gasteiger partial charge is 0.236 e. The lowest BCUT2D eigenvalue weighted by molar-refractivity contribution is 0.415. The number of benzene rings is 2. The summed E-state index contributed by atoms with van der Waals surface area (Å²) in [6.45, 7) is 5.41. The Kier molecular flexibility index (Phi) is 5.17. The predicted molar refractivity (Wildman–Crippen MR) is 109 cm³/mol. The number of sulfone groups is 1. The monoisotopic (exact) mass is 414 g/mol. The van der Waals surface area contributed by atoms with Gasteiger partial charge in [-0.2, -0.15) is 4.98 Å². The normalized spacial score (nSPS) is 15.6. The quantitative estimate of drug-likeness (QED) is 0.610. The van der Waals surface area contributed by atoms with Gasteiger partial charge in [0.1, 0.15) is 5.82 Å². The van der Waals surface area contributed by atoms with Crippen LogP contribution >= 0.6 is 0 Å². The zero-order valence-corrected chi connectivity index (χ0v) is 17.2. The van der Waals surface area contributed by atoms with Crippen LogP contribution in [0.3, 0.4) is 0 Å². The molecular formula is C22H23FN2O3S. The Bertz CT molecular complexity index is 1120. The minimum atomic E-state index is -3.92. The maximum Gasteiger partial charge on any atom is 0.236 e. The molecule has 0 unspecified atom stereocenters. The van der Waals surface area contributed by atoms with Crippen molar-refractivity contribution in [3.05, 3.63) is 59.9 Å². The molecule has 152 valence electrons. The molecular weight excluding hydrogens is 391 g/mol. The van der Waals surface area contributed by atoms with Gasteiger partial charge in [-0.1, -0.05) is 36.8 Å². The van der Waals surface area contributed by atoms with Crippen LogP contribution in [0.1, 0.15) is 25.3 Å². The molecule has 0 spiro atoms. The first-order chi connectivity index (χ1) is 13.9. The van der Waals surface area contributed by atoms with Crippen molar-refractivity contribution in [1.82, 2.24) is 4.98 Å². The van der Waals surface area contributed by atoms with E-state index in [-0.39, 0.29) is 27.3 Å².